The van der Waals surface area contributed by atoms with Crippen molar-refractivity contribution in [2.45, 2.75) is 31.4 Å². The molecule has 1 saturated heterocycles. The Morgan fingerprint density at radius 3 is 2.45 bits per heavy atom. The summed E-state index contributed by atoms with van der Waals surface area (Å²) in [6.45, 7) is 0.232. The van der Waals surface area contributed by atoms with Gasteiger partial charge in [0, 0.05) is 43.4 Å². The minimum Gasteiger partial charge on any atom is -0.760 e. The number of rotatable bonds is 9. The number of ether oxygens (including phenoxy) is 1. The maximum atomic E-state index is 13.8. The number of hydrogen-bond donors (Lipinski definition) is 0. The van der Waals surface area contributed by atoms with E-state index < -0.39 is 23.2 Å². The third kappa shape index (κ3) is 6.39. The van der Waals surface area contributed by atoms with Crippen LogP contribution in [0.3, 0.4) is 0 Å². The summed E-state index contributed by atoms with van der Waals surface area (Å²) >= 11 is -2.48. The predicted molar refractivity (Wildman–Crippen MR) is 112 cm³/mol. The van der Waals surface area contributed by atoms with Crippen molar-refractivity contribution in [3.63, 3.8) is 0 Å². The molecule has 1 heterocycles. The molecule has 1 aliphatic heterocycles. The summed E-state index contributed by atoms with van der Waals surface area (Å²) in [6, 6.07) is 15.5. The maximum absolute atomic E-state index is 13.8. The first kappa shape index (κ1) is 23.5. The summed E-state index contributed by atoms with van der Waals surface area (Å²) in [6.07, 6.45) is 0.189. The van der Waals surface area contributed by atoms with Crippen LogP contribution in [0, 0.1) is 0 Å². The van der Waals surface area contributed by atoms with Gasteiger partial charge in [0.05, 0.1) is 19.2 Å². The van der Waals surface area contributed by atoms with Gasteiger partial charge >= 0.3 is 5.97 Å². The molecule has 0 bridgehead atoms. The van der Waals surface area contributed by atoms with E-state index in [1.165, 1.54) is 11.4 Å². The highest BCUT2D eigenvalue weighted by Gasteiger charge is 2.41. The van der Waals surface area contributed by atoms with Crippen molar-refractivity contribution in [1.29, 1.82) is 0 Å². The van der Waals surface area contributed by atoms with Crippen LogP contribution in [-0.4, -0.2) is 56.6 Å². The molecule has 0 N–H and O–H groups in total. The summed E-state index contributed by atoms with van der Waals surface area (Å²) < 4.78 is 57.2. The molecule has 31 heavy (non-hydrogen) atoms. The highest BCUT2D eigenvalue weighted by Crippen LogP contribution is 2.35. The molecule has 1 fully saturated rings. The van der Waals surface area contributed by atoms with Crippen molar-refractivity contribution in [3.05, 3.63) is 71.3 Å². The van der Waals surface area contributed by atoms with E-state index in [1.807, 2.05) is 30.3 Å². The van der Waals surface area contributed by atoms with Crippen LogP contribution in [0.4, 0.5) is 8.78 Å². The molecule has 0 saturated carbocycles. The van der Waals surface area contributed by atoms with Gasteiger partial charge in [-0.3, -0.25) is 9.11 Å². The number of methoxy groups -OCH3 is 1. The molecular formula is C22H25F2N2O4S-. The minimum atomic E-state index is -2.73. The quantitative estimate of drug-likeness (QED) is 0.431. The lowest BCUT2D eigenvalue weighted by Gasteiger charge is -2.31. The monoisotopic (exact) mass is 451 g/mol. The van der Waals surface area contributed by atoms with Gasteiger partial charge in [0.2, 0.25) is 0 Å². The molecule has 2 aromatic rings. The van der Waals surface area contributed by atoms with E-state index in [9.17, 15) is 22.3 Å². The van der Waals surface area contributed by atoms with Gasteiger partial charge in [-0.05, 0) is 29.7 Å². The Balaban J connectivity index is 1.70. The van der Waals surface area contributed by atoms with Crippen molar-refractivity contribution in [1.82, 2.24) is 9.21 Å². The first-order valence-electron chi connectivity index (χ1n) is 9.97. The largest absolute Gasteiger partial charge is 0.760 e. The number of likely N-dealkylation sites (tertiary alicyclic amines) is 1. The molecule has 0 aromatic heterocycles. The standard InChI is InChI=1S/C22H26F2N2O4S/c1-30-21(27)19-9-7-17(8-10-19)15-26(31(28)29)13-11-20(18-5-3-2-4-6-18)25-14-12-22(23,24)16-25/h2-10,20H,11-16H2,1H3,(H,28,29)/p-1. The number of carbonyl (C=O) groups excluding carboxylic acids is 1. The van der Waals surface area contributed by atoms with E-state index in [-0.39, 0.29) is 38.6 Å². The second-order valence-electron chi connectivity index (χ2n) is 7.56. The van der Waals surface area contributed by atoms with Crippen LogP contribution in [0.1, 0.15) is 40.4 Å². The van der Waals surface area contributed by atoms with Crippen LogP contribution in [0.15, 0.2) is 54.6 Å². The first-order valence-corrected chi connectivity index (χ1v) is 11.0. The zero-order chi connectivity index (χ0) is 22.4. The zero-order valence-corrected chi connectivity index (χ0v) is 18.0. The minimum absolute atomic E-state index is 0.120. The molecule has 2 unspecified atom stereocenters. The van der Waals surface area contributed by atoms with Gasteiger partial charge in [0.25, 0.3) is 5.92 Å². The second kappa shape index (κ2) is 10.4. The molecule has 2 atom stereocenters. The van der Waals surface area contributed by atoms with Crippen LogP contribution < -0.4 is 0 Å². The van der Waals surface area contributed by atoms with Gasteiger partial charge in [-0.1, -0.05) is 42.5 Å². The van der Waals surface area contributed by atoms with Crippen LogP contribution >= 0.6 is 0 Å². The highest BCUT2D eigenvalue weighted by atomic mass is 32.2. The average molecular weight is 452 g/mol. The molecule has 0 aliphatic carbocycles. The van der Waals surface area contributed by atoms with Crippen LogP contribution in [0.25, 0.3) is 0 Å². The maximum Gasteiger partial charge on any atom is 0.337 e. The fourth-order valence-electron chi connectivity index (χ4n) is 3.80. The molecule has 6 nitrogen and oxygen atoms in total. The number of alkyl halides is 2. The van der Waals surface area contributed by atoms with E-state index in [0.29, 0.717) is 17.5 Å². The molecular weight excluding hydrogens is 426 g/mol. The Bertz CT molecular complexity index is 896. The number of benzene rings is 2. The lowest BCUT2D eigenvalue weighted by Crippen LogP contribution is -2.33. The Labute approximate surface area is 183 Å². The number of esters is 1. The number of nitrogens with zero attached hydrogens (tertiary/aromatic N) is 2. The van der Waals surface area contributed by atoms with Crippen molar-refractivity contribution in [2.75, 3.05) is 26.7 Å². The summed E-state index contributed by atoms with van der Waals surface area (Å²) in [5, 5.41) is 0. The summed E-state index contributed by atoms with van der Waals surface area (Å²) in [7, 11) is 1.29. The molecule has 0 radical (unpaired) electrons. The van der Waals surface area contributed by atoms with E-state index in [2.05, 4.69) is 4.74 Å². The van der Waals surface area contributed by atoms with Gasteiger partial charge < -0.3 is 9.29 Å². The molecule has 168 valence electrons. The lowest BCUT2D eigenvalue weighted by atomic mass is 10.0. The predicted octanol–water partition coefficient (Wildman–Crippen LogP) is 3.54. The average Bonchev–Trinajstić information content (AvgIpc) is 3.13. The Morgan fingerprint density at radius 2 is 1.90 bits per heavy atom. The van der Waals surface area contributed by atoms with E-state index in [1.54, 1.807) is 29.2 Å². The van der Waals surface area contributed by atoms with Crippen LogP contribution in [0.5, 0.6) is 0 Å². The molecule has 1 aliphatic rings. The van der Waals surface area contributed by atoms with Crippen molar-refractivity contribution >= 4 is 17.2 Å². The van der Waals surface area contributed by atoms with Gasteiger partial charge in [0.1, 0.15) is 0 Å². The smallest absolute Gasteiger partial charge is 0.337 e. The van der Waals surface area contributed by atoms with Crippen molar-refractivity contribution < 1.29 is 27.1 Å². The van der Waals surface area contributed by atoms with Crippen molar-refractivity contribution in [2.24, 2.45) is 0 Å². The topological polar surface area (TPSA) is 72.9 Å². The van der Waals surface area contributed by atoms with Crippen molar-refractivity contribution in [3.8, 4) is 0 Å². The third-order valence-corrected chi connectivity index (χ3v) is 6.15. The summed E-state index contributed by atoms with van der Waals surface area (Å²) in [5.41, 5.74) is 1.97. The van der Waals surface area contributed by atoms with E-state index >= 15 is 0 Å². The van der Waals surface area contributed by atoms with E-state index in [0.717, 1.165) is 5.56 Å². The van der Waals surface area contributed by atoms with Crippen LogP contribution in [0.2, 0.25) is 0 Å². The first-order chi connectivity index (χ1) is 14.8. The zero-order valence-electron chi connectivity index (χ0n) is 17.2. The SMILES string of the molecule is COC(=O)c1ccc(CN(CCC(c2ccccc2)N2CCC(F)(F)C2)S(=O)[O-])cc1. The highest BCUT2D eigenvalue weighted by molar-refractivity contribution is 7.76. The number of halogens is 2. The Kier molecular flexibility index (Phi) is 7.88. The molecule has 2 aromatic carbocycles. The second-order valence-corrected chi connectivity index (χ2v) is 8.51. The normalized spacial score (nSPS) is 18.1. The lowest BCUT2D eigenvalue weighted by molar-refractivity contribution is 0.00672. The number of carbonyl (C=O) groups is 1. The molecule has 3 rings (SSSR count). The van der Waals surface area contributed by atoms with Gasteiger partial charge in [0.15, 0.2) is 0 Å². The van der Waals surface area contributed by atoms with Gasteiger partial charge in [-0.2, -0.15) is 0 Å². The van der Waals surface area contributed by atoms with Gasteiger partial charge in [-0.15, -0.1) is 0 Å². The number of hydrogen-bond acceptors (Lipinski definition) is 5. The fraction of sp³-hybridized carbons (Fsp3) is 0.409. The Hall–Kier alpha value is -2.20. The van der Waals surface area contributed by atoms with Gasteiger partial charge in [-0.25, -0.2) is 17.9 Å². The fourth-order valence-corrected chi connectivity index (χ4v) is 4.31. The molecule has 0 amide bonds. The summed E-state index contributed by atoms with van der Waals surface area (Å²) in [5.74, 6) is -3.20. The van der Waals surface area contributed by atoms with E-state index in [4.69, 9.17) is 0 Å². The molecule has 9 heteroatoms. The van der Waals surface area contributed by atoms with Crippen LogP contribution in [-0.2, 0) is 22.5 Å². The third-order valence-electron chi connectivity index (χ3n) is 5.42. The Morgan fingerprint density at radius 1 is 1.23 bits per heavy atom. The molecule has 0 spiro atoms. The summed E-state index contributed by atoms with van der Waals surface area (Å²) in [4.78, 5) is 13.3.